The van der Waals surface area contributed by atoms with Crippen molar-refractivity contribution >= 4 is 23.5 Å². The largest absolute Gasteiger partial charge is 0.492 e. The van der Waals surface area contributed by atoms with E-state index in [0.717, 1.165) is 0 Å². The molecule has 4 heterocycles. The highest BCUT2D eigenvalue weighted by atomic mass is 16.3. The van der Waals surface area contributed by atoms with Gasteiger partial charge in [0, 0.05) is 12.4 Å². The fraction of sp³-hybridized carbons (Fsp3) is 0. The number of fused-ring (bicyclic) bond motifs is 2. The third-order valence-corrected chi connectivity index (χ3v) is 3.81. The predicted octanol–water partition coefficient (Wildman–Crippen LogP) is 2.82. The average molecular weight is 330 g/mol. The SMILES string of the molecule is O=C1N=C2C=CC=CN2C1=CC=CC=Cc1c(O)nc2ccccn12. The van der Waals surface area contributed by atoms with Gasteiger partial charge in [-0.2, -0.15) is 9.98 Å². The van der Waals surface area contributed by atoms with Crippen molar-refractivity contribution in [3.8, 4) is 5.88 Å². The van der Waals surface area contributed by atoms with Gasteiger partial charge in [0.1, 0.15) is 22.9 Å². The predicted molar refractivity (Wildman–Crippen MR) is 95.7 cm³/mol. The summed E-state index contributed by atoms with van der Waals surface area (Å²) in [5.41, 5.74) is 1.77. The van der Waals surface area contributed by atoms with Crippen molar-refractivity contribution in [1.29, 1.82) is 0 Å². The second-order valence-electron chi connectivity index (χ2n) is 5.39. The molecule has 1 amide bonds. The number of pyridine rings is 1. The lowest BCUT2D eigenvalue weighted by Gasteiger charge is -2.15. The van der Waals surface area contributed by atoms with Gasteiger partial charge in [-0.05, 0) is 36.4 Å². The molecule has 0 radical (unpaired) electrons. The molecular formula is C19H14N4O2. The Morgan fingerprint density at radius 1 is 1.12 bits per heavy atom. The maximum Gasteiger partial charge on any atom is 0.295 e. The van der Waals surface area contributed by atoms with Gasteiger partial charge in [-0.15, -0.1) is 0 Å². The lowest BCUT2D eigenvalue weighted by atomic mass is 10.3. The monoisotopic (exact) mass is 330 g/mol. The Morgan fingerprint density at radius 2 is 2.04 bits per heavy atom. The molecule has 2 aromatic rings. The fourth-order valence-electron chi connectivity index (χ4n) is 2.66. The van der Waals surface area contributed by atoms with Crippen molar-refractivity contribution in [1.82, 2.24) is 14.3 Å². The van der Waals surface area contributed by atoms with E-state index in [1.54, 1.807) is 52.0 Å². The van der Waals surface area contributed by atoms with Gasteiger partial charge in [-0.25, -0.2) is 0 Å². The van der Waals surface area contributed by atoms with Crippen molar-refractivity contribution in [3.05, 3.63) is 84.5 Å². The minimum absolute atomic E-state index is 0.0246. The molecule has 2 aliphatic heterocycles. The van der Waals surface area contributed by atoms with Gasteiger partial charge in [0.25, 0.3) is 5.91 Å². The number of nitrogens with zero attached hydrogens (tertiary/aromatic N) is 4. The molecule has 6 nitrogen and oxygen atoms in total. The quantitative estimate of drug-likeness (QED) is 0.694. The number of rotatable bonds is 3. The summed E-state index contributed by atoms with van der Waals surface area (Å²) in [4.78, 5) is 21.7. The fourth-order valence-corrected chi connectivity index (χ4v) is 2.66. The topological polar surface area (TPSA) is 70.2 Å². The van der Waals surface area contributed by atoms with Crippen LogP contribution in [-0.2, 0) is 4.79 Å². The second kappa shape index (κ2) is 6.09. The molecule has 2 aliphatic rings. The molecule has 6 heteroatoms. The molecular weight excluding hydrogens is 316 g/mol. The van der Waals surface area contributed by atoms with Crippen LogP contribution in [0.4, 0.5) is 0 Å². The molecule has 0 saturated heterocycles. The van der Waals surface area contributed by atoms with E-state index in [9.17, 15) is 9.90 Å². The summed E-state index contributed by atoms with van der Waals surface area (Å²) in [7, 11) is 0. The summed E-state index contributed by atoms with van der Waals surface area (Å²) < 4.78 is 1.80. The van der Waals surface area contributed by atoms with Crippen LogP contribution in [0.15, 0.2) is 83.8 Å². The zero-order chi connectivity index (χ0) is 17.2. The molecule has 122 valence electrons. The molecule has 4 rings (SSSR count). The Kier molecular flexibility index (Phi) is 3.63. The molecule has 2 aromatic heterocycles. The first kappa shape index (κ1) is 14.9. The summed E-state index contributed by atoms with van der Waals surface area (Å²) >= 11 is 0. The molecule has 0 aliphatic carbocycles. The first-order valence-electron chi connectivity index (χ1n) is 7.72. The minimum Gasteiger partial charge on any atom is -0.492 e. The van der Waals surface area contributed by atoms with E-state index in [0.29, 0.717) is 22.9 Å². The van der Waals surface area contributed by atoms with Gasteiger partial charge in [0.2, 0.25) is 5.88 Å². The van der Waals surface area contributed by atoms with Crippen LogP contribution in [0.25, 0.3) is 11.7 Å². The maximum absolute atomic E-state index is 11.9. The average Bonchev–Trinajstić information content (AvgIpc) is 3.11. The number of amides is 1. The van der Waals surface area contributed by atoms with Gasteiger partial charge in [-0.3, -0.25) is 14.1 Å². The number of allylic oxidation sites excluding steroid dienone is 6. The van der Waals surface area contributed by atoms with Crippen LogP contribution in [0.3, 0.4) is 0 Å². The van der Waals surface area contributed by atoms with Crippen molar-refractivity contribution < 1.29 is 9.90 Å². The summed E-state index contributed by atoms with van der Waals surface area (Å²) in [6.45, 7) is 0. The van der Waals surface area contributed by atoms with E-state index in [1.165, 1.54) is 0 Å². The van der Waals surface area contributed by atoms with Crippen LogP contribution in [0.2, 0.25) is 0 Å². The van der Waals surface area contributed by atoms with Crippen molar-refractivity contribution in [2.24, 2.45) is 4.99 Å². The molecule has 0 bridgehead atoms. The van der Waals surface area contributed by atoms with E-state index in [1.807, 2.05) is 36.5 Å². The normalized spacial score (nSPS) is 18.2. The van der Waals surface area contributed by atoms with E-state index >= 15 is 0 Å². The highest BCUT2D eigenvalue weighted by Gasteiger charge is 2.26. The molecule has 0 saturated carbocycles. The molecule has 1 N–H and O–H groups in total. The zero-order valence-corrected chi connectivity index (χ0v) is 13.1. The number of hydrogen-bond acceptors (Lipinski definition) is 4. The maximum atomic E-state index is 11.9. The number of amidine groups is 1. The van der Waals surface area contributed by atoms with Crippen LogP contribution in [0.5, 0.6) is 5.88 Å². The van der Waals surface area contributed by atoms with Crippen molar-refractivity contribution in [2.75, 3.05) is 0 Å². The molecule has 0 spiro atoms. The highest BCUT2D eigenvalue weighted by Crippen LogP contribution is 2.21. The lowest BCUT2D eigenvalue weighted by Crippen LogP contribution is -2.20. The first-order valence-corrected chi connectivity index (χ1v) is 7.72. The summed E-state index contributed by atoms with van der Waals surface area (Å²) in [5.74, 6) is 0.334. The molecule has 0 aromatic carbocycles. The third-order valence-electron chi connectivity index (χ3n) is 3.81. The molecule has 25 heavy (non-hydrogen) atoms. The Balaban J connectivity index is 1.52. The minimum atomic E-state index is -0.265. The summed E-state index contributed by atoms with van der Waals surface area (Å²) in [5, 5.41) is 9.93. The Bertz CT molecular complexity index is 1030. The van der Waals surface area contributed by atoms with Crippen LogP contribution < -0.4 is 0 Å². The van der Waals surface area contributed by atoms with Gasteiger partial charge >= 0.3 is 0 Å². The number of aliphatic imine (C=N–C) groups is 1. The molecule has 0 fully saturated rings. The smallest absolute Gasteiger partial charge is 0.295 e. The van der Waals surface area contributed by atoms with Gasteiger partial charge in [0.15, 0.2) is 0 Å². The lowest BCUT2D eigenvalue weighted by molar-refractivity contribution is -0.114. The molecule has 0 unspecified atom stereocenters. The Labute approximate surface area is 143 Å². The highest BCUT2D eigenvalue weighted by molar-refractivity contribution is 6.15. The van der Waals surface area contributed by atoms with Gasteiger partial charge in [0.05, 0.1) is 0 Å². The van der Waals surface area contributed by atoms with Crippen molar-refractivity contribution in [2.45, 2.75) is 0 Å². The first-order chi connectivity index (χ1) is 12.2. The second-order valence-corrected chi connectivity index (χ2v) is 5.39. The van der Waals surface area contributed by atoms with E-state index in [2.05, 4.69) is 9.98 Å². The van der Waals surface area contributed by atoms with Crippen LogP contribution >= 0.6 is 0 Å². The van der Waals surface area contributed by atoms with Crippen LogP contribution in [-0.4, -0.2) is 31.1 Å². The number of imidazole rings is 1. The van der Waals surface area contributed by atoms with Crippen LogP contribution in [0, 0.1) is 0 Å². The summed E-state index contributed by atoms with van der Waals surface area (Å²) in [6, 6.07) is 5.55. The third kappa shape index (κ3) is 2.70. The van der Waals surface area contributed by atoms with Gasteiger partial charge in [-0.1, -0.05) is 30.4 Å². The van der Waals surface area contributed by atoms with Crippen LogP contribution in [0.1, 0.15) is 5.69 Å². The number of aromatic hydroxyl groups is 1. The number of carbonyl (C=O) groups excluding carboxylic acids is 1. The van der Waals surface area contributed by atoms with Crippen molar-refractivity contribution in [3.63, 3.8) is 0 Å². The van der Waals surface area contributed by atoms with E-state index in [-0.39, 0.29) is 11.8 Å². The molecule has 0 atom stereocenters. The summed E-state index contributed by atoms with van der Waals surface area (Å²) in [6.07, 6.45) is 17.9. The number of carbonyl (C=O) groups is 1. The Hall–Kier alpha value is -3.67. The van der Waals surface area contributed by atoms with E-state index < -0.39 is 0 Å². The van der Waals surface area contributed by atoms with E-state index in [4.69, 9.17) is 0 Å². The van der Waals surface area contributed by atoms with Gasteiger partial charge < -0.3 is 5.11 Å². The zero-order valence-electron chi connectivity index (χ0n) is 13.1. The number of hydrogen-bond donors (Lipinski definition) is 1. The number of aromatic nitrogens is 2. The standard InChI is InChI=1S/C19H14N4O2/c24-18-14(22-12-6-4-10-16(22)20-18)8-2-1-3-9-15-19(25)21-17-11-5-7-13-23(15)17/h1-13,24H. The Morgan fingerprint density at radius 3 is 2.96 bits per heavy atom.